The Hall–Kier alpha value is -3.59. The van der Waals surface area contributed by atoms with Crippen molar-refractivity contribution in [2.24, 2.45) is 0 Å². The highest BCUT2D eigenvalue weighted by Crippen LogP contribution is 2.50. The maximum Gasteiger partial charge on any atom is 0.335 e. The van der Waals surface area contributed by atoms with Crippen molar-refractivity contribution in [2.75, 3.05) is 26.8 Å². The van der Waals surface area contributed by atoms with Gasteiger partial charge in [-0.2, -0.15) is 0 Å². The van der Waals surface area contributed by atoms with E-state index in [1.165, 1.54) is 5.56 Å². The lowest BCUT2D eigenvalue weighted by Gasteiger charge is -2.32. The Bertz CT molecular complexity index is 1560. The molecule has 3 heterocycles. The number of likely N-dealkylation sites (tertiary alicyclic amines) is 1. The summed E-state index contributed by atoms with van der Waals surface area (Å²) in [7, 11) is 1.67. The van der Waals surface area contributed by atoms with Gasteiger partial charge in [0, 0.05) is 26.1 Å². The van der Waals surface area contributed by atoms with Crippen LogP contribution in [0.3, 0.4) is 0 Å². The van der Waals surface area contributed by atoms with E-state index in [-0.39, 0.29) is 5.56 Å². The summed E-state index contributed by atoms with van der Waals surface area (Å²) in [6, 6.07) is 18.8. The Kier molecular flexibility index (Phi) is 7.16. The molecule has 9 heteroatoms. The van der Waals surface area contributed by atoms with Gasteiger partial charge in [0.1, 0.15) is 5.82 Å². The van der Waals surface area contributed by atoms with Gasteiger partial charge in [-0.1, -0.05) is 35.9 Å². The second-order valence-electron chi connectivity index (χ2n) is 10.5. The number of carboxylic acids is 1. The van der Waals surface area contributed by atoms with Gasteiger partial charge in [0.05, 0.1) is 40.3 Å². The van der Waals surface area contributed by atoms with E-state index < -0.39 is 11.8 Å². The molecule has 3 aromatic carbocycles. The van der Waals surface area contributed by atoms with E-state index in [0.717, 1.165) is 59.9 Å². The Morgan fingerprint density at radius 2 is 1.93 bits per heavy atom. The zero-order valence-electron chi connectivity index (χ0n) is 22.6. The summed E-state index contributed by atoms with van der Waals surface area (Å²) >= 11 is 6.49. The summed E-state index contributed by atoms with van der Waals surface area (Å²) in [5.74, 6) is 0.891. The van der Waals surface area contributed by atoms with E-state index in [4.69, 9.17) is 30.8 Å². The Morgan fingerprint density at radius 3 is 2.67 bits per heavy atom. The number of ether oxygens (including phenoxy) is 3. The first-order valence-electron chi connectivity index (χ1n) is 13.6. The Morgan fingerprint density at radius 1 is 1.12 bits per heavy atom. The van der Waals surface area contributed by atoms with Crippen molar-refractivity contribution >= 4 is 28.6 Å². The van der Waals surface area contributed by atoms with Crippen LogP contribution < -0.4 is 9.47 Å². The quantitative estimate of drug-likeness (QED) is 0.280. The number of aromatic carboxylic acids is 1. The van der Waals surface area contributed by atoms with Crippen molar-refractivity contribution < 1.29 is 24.1 Å². The van der Waals surface area contributed by atoms with Crippen LogP contribution in [0.2, 0.25) is 5.02 Å². The van der Waals surface area contributed by atoms with Gasteiger partial charge < -0.3 is 23.9 Å². The lowest BCUT2D eigenvalue weighted by Crippen LogP contribution is -2.34. The van der Waals surface area contributed by atoms with Crippen molar-refractivity contribution in [2.45, 2.75) is 44.6 Å². The van der Waals surface area contributed by atoms with E-state index in [1.54, 1.807) is 25.3 Å². The fourth-order valence-electron chi connectivity index (χ4n) is 5.87. The molecule has 0 radical (unpaired) electrons. The molecule has 6 rings (SSSR count). The topological polar surface area (TPSA) is 86.0 Å². The summed E-state index contributed by atoms with van der Waals surface area (Å²) in [5.41, 5.74) is 3.84. The first-order chi connectivity index (χ1) is 19.4. The number of hydrogen-bond acceptors (Lipinski definition) is 6. The van der Waals surface area contributed by atoms with Crippen LogP contribution >= 0.6 is 11.6 Å². The van der Waals surface area contributed by atoms with E-state index in [2.05, 4.69) is 15.5 Å². The molecule has 8 nitrogen and oxygen atoms in total. The number of carboxylic acid groups (broad SMARTS) is 1. The zero-order valence-corrected chi connectivity index (χ0v) is 23.4. The number of rotatable bonds is 8. The number of benzene rings is 3. The van der Waals surface area contributed by atoms with Gasteiger partial charge in [-0.25, -0.2) is 9.78 Å². The number of fused-ring (bicyclic) bond motifs is 2. The average molecular weight is 562 g/mol. The van der Waals surface area contributed by atoms with Gasteiger partial charge in [0.2, 0.25) is 0 Å². The van der Waals surface area contributed by atoms with Crippen LogP contribution in [0, 0.1) is 0 Å². The number of carbonyl (C=O) groups is 1. The van der Waals surface area contributed by atoms with Crippen LogP contribution in [-0.2, 0) is 23.6 Å². The number of nitrogens with zero attached hydrogens (tertiary/aromatic N) is 3. The van der Waals surface area contributed by atoms with Gasteiger partial charge in [0.25, 0.3) is 5.79 Å². The van der Waals surface area contributed by atoms with E-state index in [9.17, 15) is 9.90 Å². The van der Waals surface area contributed by atoms with Crippen LogP contribution in [0.15, 0.2) is 60.7 Å². The fraction of sp³-hybridized carbons (Fsp3) is 0.355. The molecule has 1 N–H and O–H groups in total. The molecule has 0 bridgehead atoms. The summed E-state index contributed by atoms with van der Waals surface area (Å²) in [6.07, 6.45) is 1.95. The van der Waals surface area contributed by atoms with E-state index in [1.807, 2.05) is 43.3 Å². The molecular weight excluding hydrogens is 530 g/mol. The third kappa shape index (κ3) is 4.91. The number of piperidine rings is 1. The summed E-state index contributed by atoms with van der Waals surface area (Å²) in [6.45, 7) is 5.54. The SMILES string of the molecule is COCCn1c(CN2CCC(c3cccc4c3OC(C)(c3ccccc3Cl)O4)CC2)nc2ccc(C(=O)O)cc21. The highest BCUT2D eigenvalue weighted by molar-refractivity contribution is 6.31. The largest absolute Gasteiger partial charge is 0.478 e. The Labute approximate surface area is 238 Å². The first kappa shape index (κ1) is 26.6. The number of halogens is 1. The zero-order chi connectivity index (χ0) is 27.9. The molecule has 2 aliphatic heterocycles. The fourth-order valence-corrected chi connectivity index (χ4v) is 6.18. The summed E-state index contributed by atoms with van der Waals surface area (Å²) in [5, 5.41) is 10.1. The maximum absolute atomic E-state index is 11.5. The smallest absolute Gasteiger partial charge is 0.335 e. The van der Waals surface area contributed by atoms with Gasteiger partial charge >= 0.3 is 5.97 Å². The van der Waals surface area contributed by atoms with E-state index >= 15 is 0 Å². The minimum absolute atomic E-state index is 0.255. The van der Waals surface area contributed by atoms with E-state index in [0.29, 0.717) is 30.6 Å². The van der Waals surface area contributed by atoms with Crippen molar-refractivity contribution in [1.29, 1.82) is 0 Å². The van der Waals surface area contributed by atoms with Crippen LogP contribution in [0.25, 0.3) is 11.0 Å². The lowest BCUT2D eigenvalue weighted by molar-refractivity contribution is -0.0684. The highest BCUT2D eigenvalue weighted by Gasteiger charge is 2.42. The molecule has 1 fully saturated rings. The average Bonchev–Trinajstić information content (AvgIpc) is 3.48. The number of hydrogen-bond donors (Lipinski definition) is 1. The van der Waals surface area contributed by atoms with Gasteiger partial charge in [-0.3, -0.25) is 4.90 Å². The molecule has 1 unspecified atom stereocenters. The molecule has 208 valence electrons. The number of methoxy groups -OCH3 is 1. The first-order valence-corrected chi connectivity index (χ1v) is 13.9. The molecule has 0 amide bonds. The molecular formula is C31H32ClN3O5. The molecule has 4 aromatic rings. The van der Waals surface area contributed by atoms with Crippen molar-refractivity contribution in [3.05, 3.63) is 88.2 Å². The van der Waals surface area contributed by atoms with Gasteiger partial charge in [0.15, 0.2) is 11.5 Å². The lowest BCUT2D eigenvalue weighted by atomic mass is 9.88. The van der Waals surface area contributed by atoms with Crippen LogP contribution in [0.1, 0.15) is 53.0 Å². The van der Waals surface area contributed by atoms with Crippen molar-refractivity contribution in [3.63, 3.8) is 0 Å². The monoisotopic (exact) mass is 561 g/mol. The highest BCUT2D eigenvalue weighted by atomic mass is 35.5. The Balaban J connectivity index is 1.18. The third-order valence-corrected chi connectivity index (χ3v) is 8.29. The minimum Gasteiger partial charge on any atom is -0.478 e. The standard InChI is InChI=1S/C31H32ClN3O5/c1-31(23-7-3-4-8-24(23)32)39-27-9-5-6-22(29(27)40-31)20-12-14-34(15-13-20)19-28-33-25-11-10-21(30(36)37)18-26(25)35(28)16-17-38-2/h3-11,18,20H,12-17,19H2,1-2H3,(H,36,37). The molecule has 1 atom stereocenters. The van der Waals surface area contributed by atoms with Crippen molar-refractivity contribution in [3.8, 4) is 11.5 Å². The normalized spacial score (nSPS) is 19.4. The second kappa shape index (κ2) is 10.8. The number of aromatic nitrogens is 2. The predicted molar refractivity (Wildman–Crippen MR) is 152 cm³/mol. The second-order valence-corrected chi connectivity index (χ2v) is 10.9. The number of para-hydroxylation sites is 1. The molecule has 1 saturated heterocycles. The van der Waals surface area contributed by atoms with Crippen LogP contribution in [0.4, 0.5) is 0 Å². The van der Waals surface area contributed by atoms with Gasteiger partial charge in [-0.15, -0.1) is 0 Å². The minimum atomic E-state index is -0.973. The third-order valence-electron chi connectivity index (χ3n) is 7.96. The van der Waals surface area contributed by atoms with Crippen LogP contribution in [-0.4, -0.2) is 52.3 Å². The molecule has 0 saturated carbocycles. The molecule has 1 aromatic heterocycles. The predicted octanol–water partition coefficient (Wildman–Crippen LogP) is 6.06. The number of imidazole rings is 1. The summed E-state index contributed by atoms with van der Waals surface area (Å²) < 4.78 is 20.2. The molecule has 0 aliphatic carbocycles. The summed E-state index contributed by atoms with van der Waals surface area (Å²) in [4.78, 5) is 18.8. The van der Waals surface area contributed by atoms with Gasteiger partial charge in [-0.05, 0) is 68.2 Å². The van der Waals surface area contributed by atoms with Crippen molar-refractivity contribution in [1.82, 2.24) is 14.5 Å². The molecule has 2 aliphatic rings. The molecule has 40 heavy (non-hydrogen) atoms. The molecule has 0 spiro atoms. The van der Waals surface area contributed by atoms with Crippen LogP contribution in [0.5, 0.6) is 11.5 Å². The maximum atomic E-state index is 11.5.